The average Bonchev–Trinajstić information content (AvgIpc) is 4.47. The van der Waals surface area contributed by atoms with Crippen molar-refractivity contribution in [2.45, 2.75) is 5.41 Å². The van der Waals surface area contributed by atoms with E-state index in [1.165, 1.54) is 121 Å². The van der Waals surface area contributed by atoms with E-state index in [0.717, 1.165) is 22.7 Å². The summed E-state index contributed by atoms with van der Waals surface area (Å²) < 4.78 is 9.88. The van der Waals surface area contributed by atoms with Crippen LogP contribution in [-0.2, 0) is 5.41 Å². The lowest BCUT2D eigenvalue weighted by Crippen LogP contribution is -2.28. The lowest BCUT2D eigenvalue weighted by molar-refractivity contribution is 0.766. The molecule has 0 bridgehead atoms. The summed E-state index contributed by atoms with van der Waals surface area (Å²) in [4.78, 5) is 0. The Morgan fingerprint density at radius 1 is 0.195 bits per heavy atom. The van der Waals surface area contributed by atoms with Gasteiger partial charge in [0.15, 0.2) is 0 Å². The third-order valence-electron chi connectivity index (χ3n) is 17.0. The first-order valence-electron chi connectivity index (χ1n) is 26.7. The maximum Gasteiger partial charge on any atom is 0.0715 e. The van der Waals surface area contributed by atoms with Crippen molar-refractivity contribution in [1.29, 1.82) is 0 Å². The number of hydrogen-bond acceptors (Lipinski definition) is 0. The lowest BCUT2D eigenvalue weighted by Gasteiger charge is -2.34. The predicted octanol–water partition coefficient (Wildman–Crippen LogP) is 18.4. The first kappa shape index (κ1) is 42.2. The highest BCUT2D eigenvalue weighted by Gasteiger charge is 2.47. The maximum atomic E-state index is 2.52. The first-order valence-corrected chi connectivity index (χ1v) is 26.7. The molecule has 4 heterocycles. The molecule has 0 saturated heterocycles. The lowest BCUT2D eigenvalue weighted by atomic mass is 9.67. The third-order valence-corrected chi connectivity index (χ3v) is 17.0. The molecule has 4 aromatic heterocycles. The Labute approximate surface area is 443 Å². The van der Waals surface area contributed by atoms with Gasteiger partial charge < -0.3 is 18.3 Å². The summed E-state index contributed by atoms with van der Waals surface area (Å²) in [6.07, 6.45) is 0. The minimum absolute atomic E-state index is 0.663. The monoisotopic (exact) mass is 978 g/mol. The fraction of sp³-hybridized carbons (Fsp3) is 0.0137. The number of benzene rings is 12. The van der Waals surface area contributed by atoms with Crippen molar-refractivity contribution in [3.8, 4) is 33.9 Å². The van der Waals surface area contributed by atoms with E-state index in [1.807, 2.05) is 0 Å². The SMILES string of the molecule is c1ccc(-n2c3ccccc3c3cc4c(cc32)c2ccccc2n4-c2ccc3c(c2)C(c2ccccc2)(c2ccccc2)c2cc(-n4c5ccccc5c5cc6c(cc54)c4ccccc4n6-c4ccccc4)ccc2-3)cc1. The molecule has 17 rings (SSSR count). The van der Waals surface area contributed by atoms with E-state index in [4.69, 9.17) is 0 Å². The van der Waals surface area contributed by atoms with Crippen molar-refractivity contribution in [2.24, 2.45) is 0 Å². The van der Waals surface area contributed by atoms with E-state index in [-0.39, 0.29) is 0 Å². The van der Waals surface area contributed by atoms with Gasteiger partial charge in [-0.05, 0) is 130 Å². The van der Waals surface area contributed by atoms with Crippen molar-refractivity contribution < 1.29 is 0 Å². The van der Waals surface area contributed by atoms with Crippen molar-refractivity contribution >= 4 is 87.2 Å². The molecule has 12 aromatic carbocycles. The fourth-order valence-electron chi connectivity index (χ4n) is 13.9. The minimum Gasteiger partial charge on any atom is -0.309 e. The minimum atomic E-state index is -0.663. The van der Waals surface area contributed by atoms with E-state index < -0.39 is 5.41 Å². The van der Waals surface area contributed by atoms with Crippen LogP contribution >= 0.6 is 0 Å². The Kier molecular flexibility index (Phi) is 8.73. The Hall–Kier alpha value is -10.2. The molecule has 1 aliphatic rings. The van der Waals surface area contributed by atoms with Crippen molar-refractivity contribution in [1.82, 2.24) is 18.3 Å². The molecule has 4 nitrogen and oxygen atoms in total. The molecule has 0 N–H and O–H groups in total. The van der Waals surface area contributed by atoms with E-state index >= 15 is 0 Å². The molecule has 0 atom stereocenters. The van der Waals surface area contributed by atoms with Gasteiger partial charge in [0.1, 0.15) is 0 Å². The van der Waals surface area contributed by atoms with E-state index in [2.05, 4.69) is 297 Å². The predicted molar refractivity (Wildman–Crippen MR) is 321 cm³/mol. The number of hydrogen-bond donors (Lipinski definition) is 0. The molecule has 77 heavy (non-hydrogen) atoms. The number of aromatic nitrogens is 4. The molecule has 0 radical (unpaired) electrons. The molecule has 0 fully saturated rings. The topological polar surface area (TPSA) is 19.7 Å². The van der Waals surface area contributed by atoms with Gasteiger partial charge in [-0.25, -0.2) is 0 Å². The van der Waals surface area contributed by atoms with Gasteiger partial charge >= 0.3 is 0 Å². The molecular formula is C73H46N4. The van der Waals surface area contributed by atoms with Crippen LogP contribution in [0.3, 0.4) is 0 Å². The normalized spacial score (nSPS) is 13.0. The van der Waals surface area contributed by atoms with Gasteiger partial charge in [0.25, 0.3) is 0 Å². The van der Waals surface area contributed by atoms with Crippen LogP contribution < -0.4 is 0 Å². The van der Waals surface area contributed by atoms with Crippen molar-refractivity contribution in [3.05, 3.63) is 301 Å². The highest BCUT2D eigenvalue weighted by atomic mass is 15.0. The van der Waals surface area contributed by atoms with Crippen LogP contribution in [0.5, 0.6) is 0 Å². The molecule has 0 amide bonds. The molecule has 0 unspecified atom stereocenters. The van der Waals surface area contributed by atoms with Crippen LogP contribution in [0.2, 0.25) is 0 Å². The summed E-state index contributed by atoms with van der Waals surface area (Å²) in [5.41, 5.74) is 20.9. The summed E-state index contributed by atoms with van der Waals surface area (Å²) in [6.45, 7) is 0. The van der Waals surface area contributed by atoms with Crippen LogP contribution in [0.25, 0.3) is 121 Å². The summed E-state index contributed by atoms with van der Waals surface area (Å²) in [6, 6.07) is 104. The molecule has 0 saturated carbocycles. The Morgan fingerprint density at radius 2 is 0.468 bits per heavy atom. The summed E-state index contributed by atoms with van der Waals surface area (Å²) in [5, 5.41) is 9.86. The first-order chi connectivity index (χ1) is 38.2. The van der Waals surface area contributed by atoms with Gasteiger partial charge in [-0.3, -0.25) is 0 Å². The van der Waals surface area contributed by atoms with E-state index in [9.17, 15) is 0 Å². The zero-order valence-corrected chi connectivity index (χ0v) is 41.8. The van der Waals surface area contributed by atoms with Gasteiger partial charge in [0.05, 0.1) is 49.5 Å². The third kappa shape index (κ3) is 5.76. The molecule has 358 valence electrons. The Bertz CT molecular complexity index is 4750. The van der Waals surface area contributed by atoms with Crippen LogP contribution in [0.1, 0.15) is 22.3 Å². The molecule has 0 spiro atoms. The van der Waals surface area contributed by atoms with Crippen molar-refractivity contribution in [2.75, 3.05) is 0 Å². The second-order valence-electron chi connectivity index (χ2n) is 20.8. The summed E-state index contributed by atoms with van der Waals surface area (Å²) in [7, 11) is 0. The van der Waals surface area contributed by atoms with Crippen molar-refractivity contribution in [3.63, 3.8) is 0 Å². The smallest absolute Gasteiger partial charge is 0.0715 e. The number of rotatable bonds is 6. The largest absolute Gasteiger partial charge is 0.309 e. The summed E-state index contributed by atoms with van der Waals surface area (Å²) in [5.74, 6) is 0. The van der Waals surface area contributed by atoms with Gasteiger partial charge in [-0.1, -0.05) is 182 Å². The molecule has 1 aliphatic carbocycles. The van der Waals surface area contributed by atoms with Crippen LogP contribution in [0, 0.1) is 0 Å². The zero-order valence-electron chi connectivity index (χ0n) is 41.8. The number of para-hydroxylation sites is 6. The van der Waals surface area contributed by atoms with Gasteiger partial charge in [0.2, 0.25) is 0 Å². The second-order valence-corrected chi connectivity index (χ2v) is 20.8. The van der Waals surface area contributed by atoms with Gasteiger partial charge in [0, 0.05) is 65.8 Å². The Morgan fingerprint density at radius 3 is 0.792 bits per heavy atom. The quantitative estimate of drug-likeness (QED) is 0.158. The molecular weight excluding hydrogens is 933 g/mol. The van der Waals surface area contributed by atoms with E-state index in [1.54, 1.807) is 0 Å². The highest BCUT2D eigenvalue weighted by molar-refractivity contribution is 6.20. The molecule has 0 aliphatic heterocycles. The van der Waals surface area contributed by atoms with E-state index in [0.29, 0.717) is 0 Å². The standard InChI is InChI=1S/C73H46N4/c1-5-21-47(22-6-1)73(48-23-7-2-8-24-48)63-41-51(76-67-35-19-15-31-57(67)61-43-69-59(45-71(61)76)55-29-13-17-33-65(55)74(69)49-25-9-3-10-26-49)37-39-53(63)54-40-38-52(42-64(54)73)77-68-36-20-16-32-58(68)62-44-70-60(46-72(62)77)56-30-14-18-34-66(56)75(70)50-27-11-4-12-28-50/h1-46H. The van der Waals surface area contributed by atoms with Crippen LogP contribution in [0.15, 0.2) is 279 Å². The number of fused-ring (bicyclic) bond motifs is 15. The Balaban J connectivity index is 0.929. The summed E-state index contributed by atoms with van der Waals surface area (Å²) >= 11 is 0. The van der Waals surface area contributed by atoms with Gasteiger partial charge in [-0.15, -0.1) is 0 Å². The fourth-order valence-corrected chi connectivity index (χ4v) is 13.9. The molecule has 16 aromatic rings. The second kappa shape index (κ2) is 15.9. The highest BCUT2D eigenvalue weighted by Crippen LogP contribution is 2.57. The van der Waals surface area contributed by atoms with Gasteiger partial charge in [-0.2, -0.15) is 0 Å². The van der Waals surface area contributed by atoms with Crippen LogP contribution in [-0.4, -0.2) is 18.3 Å². The van der Waals surface area contributed by atoms with Crippen LogP contribution in [0.4, 0.5) is 0 Å². The molecule has 4 heteroatoms. The zero-order chi connectivity index (χ0) is 50.3. The average molecular weight is 979 g/mol. The maximum absolute atomic E-state index is 2.52. The number of nitrogens with zero attached hydrogens (tertiary/aromatic N) is 4.